The molecule has 0 aliphatic rings. The SMILES string of the molecule is N/C(=N/O)c1cccn1CCn1ccccc1=O. The number of pyridine rings is 1. The molecular weight excluding hydrogens is 232 g/mol. The van der Waals surface area contributed by atoms with Gasteiger partial charge in [0.15, 0.2) is 5.84 Å². The van der Waals surface area contributed by atoms with Gasteiger partial charge in [-0.05, 0) is 18.2 Å². The van der Waals surface area contributed by atoms with Gasteiger partial charge >= 0.3 is 0 Å². The normalized spacial score (nSPS) is 11.7. The lowest BCUT2D eigenvalue weighted by molar-refractivity contribution is 0.318. The summed E-state index contributed by atoms with van der Waals surface area (Å²) in [6.45, 7) is 1.10. The van der Waals surface area contributed by atoms with Crippen molar-refractivity contribution in [1.82, 2.24) is 9.13 Å². The fourth-order valence-corrected chi connectivity index (χ4v) is 1.75. The maximum absolute atomic E-state index is 11.5. The lowest BCUT2D eigenvalue weighted by Crippen LogP contribution is -2.23. The van der Waals surface area contributed by atoms with Gasteiger partial charge in [-0.15, -0.1) is 0 Å². The highest BCUT2D eigenvalue weighted by Crippen LogP contribution is 2.02. The Hall–Kier alpha value is -2.50. The molecule has 2 rings (SSSR count). The number of amidine groups is 1. The van der Waals surface area contributed by atoms with Crippen LogP contribution in [0.1, 0.15) is 5.69 Å². The predicted octanol–water partition coefficient (Wildman–Crippen LogP) is 0.444. The van der Waals surface area contributed by atoms with Crippen LogP contribution in [0.15, 0.2) is 52.7 Å². The predicted molar refractivity (Wildman–Crippen MR) is 67.6 cm³/mol. The standard InChI is InChI=1S/C12H14N4O2/c13-12(14-18)10-4-3-7-15(10)8-9-16-6-2-1-5-11(16)17/h1-7,18H,8-9H2,(H2,13,14). The molecule has 0 spiro atoms. The van der Waals surface area contributed by atoms with Crippen molar-refractivity contribution in [2.24, 2.45) is 10.9 Å². The van der Waals surface area contributed by atoms with Crippen LogP contribution in [0, 0.1) is 0 Å². The number of oxime groups is 1. The first-order valence-electron chi connectivity index (χ1n) is 5.51. The summed E-state index contributed by atoms with van der Waals surface area (Å²) < 4.78 is 3.44. The number of nitrogens with zero attached hydrogens (tertiary/aromatic N) is 3. The van der Waals surface area contributed by atoms with E-state index in [2.05, 4.69) is 5.16 Å². The number of aromatic nitrogens is 2. The van der Waals surface area contributed by atoms with Crippen molar-refractivity contribution in [3.05, 3.63) is 58.8 Å². The van der Waals surface area contributed by atoms with Gasteiger partial charge in [0.25, 0.3) is 5.56 Å². The van der Waals surface area contributed by atoms with Crippen LogP contribution in [0.3, 0.4) is 0 Å². The molecule has 2 heterocycles. The van der Waals surface area contributed by atoms with Crippen molar-refractivity contribution in [3.63, 3.8) is 0 Å². The highest BCUT2D eigenvalue weighted by molar-refractivity contribution is 5.95. The van der Waals surface area contributed by atoms with Crippen molar-refractivity contribution in [1.29, 1.82) is 0 Å². The molecule has 94 valence electrons. The molecule has 6 nitrogen and oxygen atoms in total. The second-order valence-electron chi connectivity index (χ2n) is 3.80. The van der Waals surface area contributed by atoms with E-state index in [1.807, 2.05) is 16.8 Å². The summed E-state index contributed by atoms with van der Waals surface area (Å²) >= 11 is 0. The average Bonchev–Trinajstić information content (AvgIpc) is 2.85. The first-order valence-corrected chi connectivity index (χ1v) is 5.51. The second kappa shape index (κ2) is 5.22. The van der Waals surface area contributed by atoms with E-state index >= 15 is 0 Å². The van der Waals surface area contributed by atoms with Crippen LogP contribution in [0.4, 0.5) is 0 Å². The minimum Gasteiger partial charge on any atom is -0.409 e. The lowest BCUT2D eigenvalue weighted by atomic mass is 10.4. The molecule has 3 N–H and O–H groups in total. The molecule has 0 radical (unpaired) electrons. The first kappa shape index (κ1) is 12.0. The van der Waals surface area contributed by atoms with Gasteiger partial charge in [-0.25, -0.2) is 0 Å². The zero-order chi connectivity index (χ0) is 13.0. The highest BCUT2D eigenvalue weighted by Gasteiger charge is 2.05. The number of hydrogen-bond donors (Lipinski definition) is 2. The summed E-state index contributed by atoms with van der Waals surface area (Å²) in [7, 11) is 0. The summed E-state index contributed by atoms with van der Waals surface area (Å²) in [4.78, 5) is 11.5. The Labute approximate surface area is 104 Å². The summed E-state index contributed by atoms with van der Waals surface area (Å²) in [5.74, 6) is 0.0559. The van der Waals surface area contributed by atoms with E-state index in [1.165, 1.54) is 6.07 Å². The molecule has 0 aliphatic heterocycles. The number of hydrogen-bond acceptors (Lipinski definition) is 3. The van der Waals surface area contributed by atoms with Gasteiger partial charge < -0.3 is 20.1 Å². The second-order valence-corrected chi connectivity index (χ2v) is 3.80. The van der Waals surface area contributed by atoms with Crippen LogP contribution in [0.2, 0.25) is 0 Å². The Kier molecular flexibility index (Phi) is 3.47. The van der Waals surface area contributed by atoms with E-state index in [9.17, 15) is 4.79 Å². The van der Waals surface area contributed by atoms with E-state index in [-0.39, 0.29) is 11.4 Å². The van der Waals surface area contributed by atoms with Crippen molar-refractivity contribution >= 4 is 5.84 Å². The number of rotatable bonds is 4. The van der Waals surface area contributed by atoms with Gasteiger partial charge in [0, 0.05) is 31.5 Å². The van der Waals surface area contributed by atoms with E-state index < -0.39 is 0 Å². The Bertz CT molecular complexity index is 612. The zero-order valence-corrected chi connectivity index (χ0v) is 9.73. The maximum Gasteiger partial charge on any atom is 0.250 e. The number of nitrogens with two attached hydrogens (primary N) is 1. The number of aryl methyl sites for hydroxylation is 2. The third kappa shape index (κ3) is 2.42. The van der Waals surface area contributed by atoms with Gasteiger partial charge in [0.2, 0.25) is 0 Å². The van der Waals surface area contributed by atoms with Crippen LogP contribution in [0.5, 0.6) is 0 Å². The Morgan fingerprint density at radius 1 is 1.17 bits per heavy atom. The maximum atomic E-state index is 11.5. The topological polar surface area (TPSA) is 85.5 Å². The quantitative estimate of drug-likeness (QED) is 0.355. The van der Waals surface area contributed by atoms with E-state index in [4.69, 9.17) is 10.9 Å². The molecule has 2 aromatic rings. The van der Waals surface area contributed by atoms with Gasteiger partial charge in [0.1, 0.15) is 0 Å². The van der Waals surface area contributed by atoms with E-state index in [1.54, 1.807) is 29.0 Å². The first-order chi connectivity index (χ1) is 8.72. The molecule has 18 heavy (non-hydrogen) atoms. The molecule has 0 unspecified atom stereocenters. The van der Waals surface area contributed by atoms with Crippen molar-refractivity contribution < 1.29 is 5.21 Å². The molecule has 0 amide bonds. The summed E-state index contributed by atoms with van der Waals surface area (Å²) in [6.07, 6.45) is 3.55. The van der Waals surface area contributed by atoms with Crippen molar-refractivity contribution in [3.8, 4) is 0 Å². The van der Waals surface area contributed by atoms with Crippen molar-refractivity contribution in [2.45, 2.75) is 13.1 Å². The molecule has 2 aromatic heterocycles. The van der Waals surface area contributed by atoms with Gasteiger partial charge in [-0.1, -0.05) is 11.2 Å². The molecule has 0 aliphatic carbocycles. The molecule has 0 saturated heterocycles. The molecule has 0 saturated carbocycles. The zero-order valence-electron chi connectivity index (χ0n) is 9.73. The fourth-order valence-electron chi connectivity index (χ4n) is 1.75. The molecule has 0 bridgehead atoms. The Morgan fingerprint density at radius 2 is 1.89 bits per heavy atom. The van der Waals surface area contributed by atoms with Crippen LogP contribution >= 0.6 is 0 Å². The van der Waals surface area contributed by atoms with Gasteiger partial charge in [-0.2, -0.15) is 0 Å². The Morgan fingerprint density at radius 3 is 2.61 bits per heavy atom. The smallest absolute Gasteiger partial charge is 0.250 e. The molecule has 6 heteroatoms. The van der Waals surface area contributed by atoms with Gasteiger partial charge in [-0.3, -0.25) is 4.79 Å². The van der Waals surface area contributed by atoms with Gasteiger partial charge in [0.05, 0.1) is 5.69 Å². The molecular formula is C12H14N4O2. The van der Waals surface area contributed by atoms with Crippen molar-refractivity contribution in [2.75, 3.05) is 0 Å². The fraction of sp³-hybridized carbons (Fsp3) is 0.167. The summed E-state index contributed by atoms with van der Waals surface area (Å²) in [5, 5.41) is 11.6. The van der Waals surface area contributed by atoms with E-state index in [0.717, 1.165) is 0 Å². The van der Waals surface area contributed by atoms with Crippen LogP contribution < -0.4 is 11.3 Å². The van der Waals surface area contributed by atoms with Crippen LogP contribution in [-0.2, 0) is 13.1 Å². The van der Waals surface area contributed by atoms with E-state index in [0.29, 0.717) is 18.8 Å². The minimum absolute atomic E-state index is 0.0463. The monoisotopic (exact) mass is 246 g/mol. The highest BCUT2D eigenvalue weighted by atomic mass is 16.4. The third-order valence-electron chi connectivity index (χ3n) is 2.68. The minimum atomic E-state index is -0.0463. The summed E-state index contributed by atoms with van der Waals surface area (Å²) in [5.41, 5.74) is 6.13. The third-order valence-corrected chi connectivity index (χ3v) is 2.68. The average molecular weight is 246 g/mol. The largest absolute Gasteiger partial charge is 0.409 e. The summed E-state index contributed by atoms with van der Waals surface area (Å²) in [6, 6.07) is 8.59. The molecule has 0 atom stereocenters. The Balaban J connectivity index is 2.15. The lowest BCUT2D eigenvalue weighted by Gasteiger charge is -2.09. The molecule has 0 aromatic carbocycles. The molecule has 0 fully saturated rings. The van der Waals surface area contributed by atoms with Crippen LogP contribution in [-0.4, -0.2) is 20.2 Å². The van der Waals surface area contributed by atoms with Crippen LogP contribution in [0.25, 0.3) is 0 Å².